The highest BCUT2D eigenvalue weighted by molar-refractivity contribution is 7.99. The van der Waals surface area contributed by atoms with Gasteiger partial charge in [0.25, 0.3) is 0 Å². The van der Waals surface area contributed by atoms with Gasteiger partial charge in [-0.25, -0.2) is 0 Å². The topological polar surface area (TPSA) is 82.6 Å². The van der Waals surface area contributed by atoms with Gasteiger partial charge in [0.15, 0.2) is 11.0 Å². The number of hydrogen-bond acceptors (Lipinski definition) is 5. The van der Waals surface area contributed by atoms with Crippen molar-refractivity contribution in [2.45, 2.75) is 32.5 Å². The van der Waals surface area contributed by atoms with E-state index in [1.54, 1.807) is 0 Å². The number of carbonyl (C=O) groups is 1. The molecule has 1 aromatic carbocycles. The van der Waals surface area contributed by atoms with Gasteiger partial charge >= 0.3 is 0 Å². The Kier molecular flexibility index (Phi) is 5.38. The molecule has 0 spiro atoms. The largest absolute Gasteiger partial charge is 0.325 e. The minimum Gasteiger partial charge on any atom is -0.325 e. The van der Waals surface area contributed by atoms with Crippen LogP contribution in [0.2, 0.25) is 0 Å². The van der Waals surface area contributed by atoms with Crippen molar-refractivity contribution in [2.75, 3.05) is 11.1 Å². The van der Waals surface area contributed by atoms with Crippen LogP contribution in [0.1, 0.15) is 19.5 Å². The monoisotopic (exact) mass is 425 g/mol. The molecule has 158 valence electrons. The molecule has 0 radical (unpaired) electrons. The molecule has 0 aliphatic heterocycles. The maximum atomic E-state index is 12.4. The predicted octanol–water partition coefficient (Wildman–Crippen LogP) is 3.78. The molecular formula is C21H27N7OS. The molecule has 0 atom stereocenters. The van der Waals surface area contributed by atoms with Crippen LogP contribution in [0.4, 0.5) is 5.69 Å². The summed E-state index contributed by atoms with van der Waals surface area (Å²) < 4.78 is 6.08. The molecular weight excluding hydrogens is 398 g/mol. The Morgan fingerprint density at radius 2 is 1.90 bits per heavy atom. The van der Waals surface area contributed by atoms with Crippen molar-refractivity contribution < 1.29 is 6.22 Å². The molecule has 0 aliphatic carbocycles. The molecule has 0 unspecified atom stereocenters. The van der Waals surface area contributed by atoms with Gasteiger partial charge in [-0.1, -0.05) is 29.5 Å². The van der Waals surface area contributed by atoms with Crippen molar-refractivity contribution in [3.8, 4) is 11.5 Å². The van der Waals surface area contributed by atoms with Gasteiger partial charge in [-0.05, 0) is 38.5 Å². The summed E-state index contributed by atoms with van der Waals surface area (Å²) in [6, 6.07) is 8.00. The minimum atomic E-state index is -0.0667. The number of fused-ring (bicyclic) bond motifs is 1. The van der Waals surface area contributed by atoms with Crippen LogP contribution in [0.15, 0.2) is 35.6 Å². The number of hydrogen-bond donors (Lipinski definition) is 1. The Bertz CT molecular complexity index is 1240. The second-order valence-electron chi connectivity index (χ2n) is 7.31. The Morgan fingerprint density at radius 1 is 1.13 bits per heavy atom. The summed E-state index contributed by atoms with van der Waals surface area (Å²) in [6.07, 6.45) is 1.85. The lowest BCUT2D eigenvalue weighted by Crippen LogP contribution is -2.17. The van der Waals surface area contributed by atoms with Crippen molar-refractivity contribution in [2.24, 2.45) is 14.1 Å². The molecule has 4 rings (SSSR count). The summed E-state index contributed by atoms with van der Waals surface area (Å²) in [7, 11) is 4.00. The third-order valence-electron chi connectivity index (χ3n) is 5.26. The molecule has 0 fully saturated rings. The van der Waals surface area contributed by atoms with Crippen LogP contribution in [0.3, 0.4) is 0 Å². The van der Waals surface area contributed by atoms with E-state index in [9.17, 15) is 4.79 Å². The first-order chi connectivity index (χ1) is 14.4. The van der Waals surface area contributed by atoms with Gasteiger partial charge in [0.1, 0.15) is 11.2 Å². The first-order valence-corrected chi connectivity index (χ1v) is 10.8. The molecule has 0 aliphatic rings. The lowest BCUT2D eigenvalue weighted by molar-refractivity contribution is -0.113. The number of aryl methyl sites for hydroxylation is 4. The summed E-state index contributed by atoms with van der Waals surface area (Å²) in [5.41, 5.74) is 6.02. The fraction of sp³-hybridized carbons (Fsp3) is 0.333. The zero-order valence-electron chi connectivity index (χ0n) is 17.8. The van der Waals surface area contributed by atoms with Crippen molar-refractivity contribution in [1.29, 1.82) is 0 Å². The first-order valence-electron chi connectivity index (χ1n) is 9.80. The summed E-state index contributed by atoms with van der Waals surface area (Å²) in [4.78, 5) is 17.0. The number of carbonyl (C=O) groups excluding carboxylic acids is 1. The molecule has 30 heavy (non-hydrogen) atoms. The molecule has 0 saturated heterocycles. The lowest BCUT2D eigenvalue weighted by atomic mass is 10.1. The Hall–Kier alpha value is -3.07. The second kappa shape index (κ2) is 7.98. The third kappa shape index (κ3) is 3.60. The number of nitrogens with one attached hydrogen (secondary N) is 1. The van der Waals surface area contributed by atoms with Crippen LogP contribution in [0.25, 0.3) is 22.6 Å². The number of amides is 1. The zero-order chi connectivity index (χ0) is 21.4. The molecule has 3 heterocycles. The van der Waals surface area contributed by atoms with E-state index in [1.165, 1.54) is 17.3 Å². The lowest BCUT2D eigenvalue weighted by Gasteiger charge is -2.20. The van der Waals surface area contributed by atoms with Crippen LogP contribution in [-0.2, 0) is 25.4 Å². The van der Waals surface area contributed by atoms with Crippen molar-refractivity contribution in [3.05, 3.63) is 41.6 Å². The van der Waals surface area contributed by atoms with Gasteiger partial charge in [0.2, 0.25) is 5.91 Å². The van der Waals surface area contributed by atoms with E-state index in [1.807, 2.05) is 68.5 Å². The second-order valence-corrected chi connectivity index (χ2v) is 8.25. The maximum Gasteiger partial charge on any atom is 0.234 e. The summed E-state index contributed by atoms with van der Waals surface area (Å²) in [5, 5.41) is 12.3. The fourth-order valence-electron chi connectivity index (χ4n) is 3.49. The van der Waals surface area contributed by atoms with Crippen molar-refractivity contribution >= 4 is 34.4 Å². The van der Waals surface area contributed by atoms with Crippen LogP contribution in [0.5, 0.6) is 0 Å². The average molecular weight is 426 g/mol. The smallest absolute Gasteiger partial charge is 0.234 e. The van der Waals surface area contributed by atoms with Crippen LogP contribution in [0, 0.1) is 13.8 Å². The third-order valence-corrected chi connectivity index (χ3v) is 6.23. The van der Waals surface area contributed by atoms with Crippen LogP contribution >= 0.6 is 11.8 Å². The number of benzene rings is 1. The highest BCUT2D eigenvalue weighted by atomic mass is 32.2. The quantitative estimate of drug-likeness (QED) is 0.475. The van der Waals surface area contributed by atoms with E-state index < -0.39 is 0 Å². The Balaban J connectivity index is 0.00000272. The van der Waals surface area contributed by atoms with E-state index >= 15 is 0 Å². The molecule has 1 amide bonds. The predicted molar refractivity (Wildman–Crippen MR) is 122 cm³/mol. The van der Waals surface area contributed by atoms with E-state index in [-0.39, 0.29) is 13.1 Å². The van der Waals surface area contributed by atoms with E-state index in [0.29, 0.717) is 17.5 Å². The van der Waals surface area contributed by atoms with Crippen molar-refractivity contribution in [3.63, 3.8) is 0 Å². The number of anilines is 1. The van der Waals surface area contributed by atoms with E-state index in [0.717, 1.165) is 28.0 Å². The normalized spacial score (nSPS) is 11.4. The Labute approximate surface area is 180 Å². The first kappa shape index (κ1) is 20.2. The highest BCUT2D eigenvalue weighted by Crippen LogP contribution is 2.26. The molecule has 0 bridgehead atoms. The SMILES string of the molecule is CCn1c(SCC(=O)Nc2ccc(C)cc2C)nnc1-c1cc2c(cn1)n(C)n2C.[HH]. The highest BCUT2D eigenvalue weighted by Gasteiger charge is 2.18. The van der Waals surface area contributed by atoms with E-state index in [4.69, 9.17) is 0 Å². The molecule has 8 nitrogen and oxygen atoms in total. The number of aromatic nitrogens is 6. The molecule has 4 aromatic rings. The minimum absolute atomic E-state index is 0. The van der Waals surface area contributed by atoms with Gasteiger partial charge in [-0.3, -0.25) is 19.1 Å². The summed E-state index contributed by atoms with van der Waals surface area (Å²) in [5.74, 6) is 0.903. The number of pyridine rings is 1. The molecule has 1 N–H and O–H groups in total. The summed E-state index contributed by atoms with van der Waals surface area (Å²) >= 11 is 1.38. The van der Waals surface area contributed by atoms with Gasteiger partial charge in [0.05, 0.1) is 17.5 Å². The van der Waals surface area contributed by atoms with Crippen molar-refractivity contribution in [1.82, 2.24) is 29.1 Å². The molecule has 3 aromatic heterocycles. The number of nitrogens with zero attached hydrogens (tertiary/aromatic N) is 6. The van der Waals surface area contributed by atoms with Gasteiger partial charge in [-0.15, -0.1) is 10.2 Å². The molecule has 9 heteroatoms. The van der Waals surface area contributed by atoms with Gasteiger partial charge < -0.3 is 9.88 Å². The average Bonchev–Trinajstić information content (AvgIpc) is 3.16. The standard InChI is InChI=1S/C21H25N7OS.H2/c1-6-28-20(16-10-17-18(11-22-16)27(5)26(17)4)24-25-21(28)30-12-19(29)23-15-8-7-13(2)9-14(15)3;/h7-11H,6,12H2,1-5H3,(H,23,29);1H. The summed E-state index contributed by atoms with van der Waals surface area (Å²) in [6.45, 7) is 6.76. The Morgan fingerprint density at radius 3 is 2.63 bits per heavy atom. The fourth-order valence-corrected chi connectivity index (χ4v) is 4.29. The zero-order valence-corrected chi connectivity index (χ0v) is 18.6. The van der Waals surface area contributed by atoms with Gasteiger partial charge in [0, 0.05) is 27.8 Å². The van der Waals surface area contributed by atoms with Crippen LogP contribution < -0.4 is 5.32 Å². The maximum absolute atomic E-state index is 12.4. The number of thioether (sulfide) groups is 1. The number of rotatable bonds is 6. The molecule has 0 saturated carbocycles. The van der Waals surface area contributed by atoms with E-state index in [2.05, 4.69) is 31.2 Å². The van der Waals surface area contributed by atoms with Gasteiger partial charge in [-0.2, -0.15) is 0 Å². The van der Waals surface area contributed by atoms with Crippen LogP contribution in [-0.4, -0.2) is 40.8 Å².